The predicted molar refractivity (Wildman–Crippen MR) is 98.8 cm³/mol. The van der Waals surface area contributed by atoms with Crippen molar-refractivity contribution in [1.82, 2.24) is 15.4 Å². The summed E-state index contributed by atoms with van der Waals surface area (Å²) >= 11 is 0. The molecule has 0 aliphatic heterocycles. The largest absolute Gasteiger partial charge is 0.465 e. The first-order chi connectivity index (χ1) is 11.7. The number of ether oxygens (including phenoxy) is 1. The zero-order valence-corrected chi connectivity index (χ0v) is 15.1. The minimum Gasteiger partial charge on any atom is -0.465 e. The highest BCUT2D eigenvalue weighted by molar-refractivity contribution is 5.97. The van der Waals surface area contributed by atoms with Crippen molar-refractivity contribution in [3.63, 3.8) is 0 Å². The Bertz CT molecular complexity index is 757. The molecule has 2 rings (SSSR count). The molecule has 0 aliphatic rings. The van der Waals surface area contributed by atoms with Crippen molar-refractivity contribution in [2.75, 3.05) is 30.2 Å². The Hall–Kier alpha value is -2.87. The zero-order chi connectivity index (χ0) is 18.6. The number of nitrogens with one attached hydrogen (secondary N) is 2. The van der Waals surface area contributed by atoms with Gasteiger partial charge in [-0.05, 0) is 32.9 Å². The molecule has 0 amide bonds. The molecule has 1 aromatic heterocycles. The number of nitrogens with zero attached hydrogens (tertiary/aromatic N) is 3. The van der Waals surface area contributed by atoms with Crippen LogP contribution in [-0.2, 0) is 4.74 Å². The highest BCUT2D eigenvalue weighted by atomic mass is 16.5. The van der Waals surface area contributed by atoms with Crippen LogP contribution in [0, 0.1) is 0 Å². The third-order valence-corrected chi connectivity index (χ3v) is 3.41. The summed E-state index contributed by atoms with van der Waals surface area (Å²) in [5.74, 6) is 0.509. The van der Waals surface area contributed by atoms with E-state index in [1.54, 1.807) is 30.1 Å². The molecule has 0 bridgehead atoms. The lowest BCUT2D eigenvalue weighted by atomic mass is 10.1. The summed E-state index contributed by atoms with van der Waals surface area (Å²) < 4.78 is 4.84. The molecule has 25 heavy (non-hydrogen) atoms. The van der Waals surface area contributed by atoms with E-state index in [2.05, 4.69) is 20.8 Å². The summed E-state index contributed by atoms with van der Waals surface area (Å²) in [5.41, 5.74) is 13.6. The second-order valence-corrected chi connectivity index (χ2v) is 6.53. The maximum atomic E-state index is 12.0. The Morgan fingerprint density at radius 2 is 1.92 bits per heavy atom. The maximum absolute atomic E-state index is 12.0. The van der Waals surface area contributed by atoms with Crippen molar-refractivity contribution in [3.8, 4) is 0 Å². The van der Waals surface area contributed by atoms with E-state index < -0.39 is 5.97 Å². The van der Waals surface area contributed by atoms with Crippen molar-refractivity contribution in [3.05, 3.63) is 36.2 Å². The highest BCUT2D eigenvalue weighted by Gasteiger charge is 2.20. The summed E-state index contributed by atoms with van der Waals surface area (Å²) in [6.45, 7) is 6.03. The van der Waals surface area contributed by atoms with Crippen molar-refractivity contribution >= 4 is 29.0 Å². The molecule has 0 saturated heterocycles. The third-order valence-electron chi connectivity index (χ3n) is 3.41. The van der Waals surface area contributed by atoms with Crippen LogP contribution >= 0.6 is 0 Å². The average Bonchev–Trinajstić information content (AvgIpc) is 2.59. The summed E-state index contributed by atoms with van der Waals surface area (Å²) in [6, 6.07) is 7.09. The quantitative estimate of drug-likeness (QED) is 0.561. The van der Waals surface area contributed by atoms with Crippen LogP contribution in [0.3, 0.4) is 0 Å². The van der Waals surface area contributed by atoms with Gasteiger partial charge in [-0.15, -0.1) is 0 Å². The molecule has 0 fully saturated rings. The van der Waals surface area contributed by atoms with E-state index in [1.807, 2.05) is 26.8 Å². The standard InChI is InChI=1S/C17H24N6O2/c1-17(2,3)22-21-14-13(18)15(20-10-19-14)23(4)12-9-7-6-8-11(12)16(24)25-5/h6-10,22H,18H2,1-5H3,(H,19,20,21). The van der Waals surface area contributed by atoms with E-state index >= 15 is 0 Å². The molecule has 0 aliphatic carbocycles. The Morgan fingerprint density at radius 1 is 1.24 bits per heavy atom. The topological polar surface area (TPSA) is 105 Å². The van der Waals surface area contributed by atoms with Crippen LogP contribution < -0.4 is 21.5 Å². The number of nitrogens with two attached hydrogens (primary N) is 1. The third kappa shape index (κ3) is 4.36. The lowest BCUT2D eigenvalue weighted by molar-refractivity contribution is 0.0601. The molecule has 8 heteroatoms. The fourth-order valence-electron chi connectivity index (χ4n) is 2.16. The molecule has 0 unspecified atom stereocenters. The van der Waals surface area contributed by atoms with Gasteiger partial charge in [-0.25, -0.2) is 20.2 Å². The molecule has 0 saturated carbocycles. The minimum atomic E-state index is -0.428. The van der Waals surface area contributed by atoms with Crippen LogP contribution in [0.25, 0.3) is 0 Å². The first kappa shape index (κ1) is 18.5. The molecule has 1 heterocycles. The summed E-state index contributed by atoms with van der Waals surface area (Å²) in [6.07, 6.45) is 1.41. The predicted octanol–water partition coefficient (Wildman–Crippen LogP) is 2.33. The minimum absolute atomic E-state index is 0.166. The van der Waals surface area contributed by atoms with Crippen LogP contribution in [0.15, 0.2) is 30.6 Å². The van der Waals surface area contributed by atoms with Gasteiger partial charge in [-0.2, -0.15) is 0 Å². The summed E-state index contributed by atoms with van der Waals surface area (Å²) in [5, 5.41) is 0. The van der Waals surface area contributed by atoms with Crippen LogP contribution in [0.5, 0.6) is 0 Å². The average molecular weight is 344 g/mol. The number of methoxy groups -OCH3 is 1. The number of carbonyl (C=O) groups is 1. The maximum Gasteiger partial charge on any atom is 0.339 e. The number of nitrogen functional groups attached to an aromatic ring is 1. The first-order valence-electron chi connectivity index (χ1n) is 7.79. The van der Waals surface area contributed by atoms with Crippen LogP contribution in [0.2, 0.25) is 0 Å². The molecule has 2 aromatic rings. The Morgan fingerprint density at radius 3 is 2.56 bits per heavy atom. The van der Waals surface area contributed by atoms with Gasteiger partial charge in [0, 0.05) is 12.6 Å². The highest BCUT2D eigenvalue weighted by Crippen LogP contribution is 2.32. The summed E-state index contributed by atoms with van der Waals surface area (Å²) in [7, 11) is 3.12. The van der Waals surface area contributed by atoms with E-state index in [0.29, 0.717) is 28.6 Å². The van der Waals surface area contributed by atoms with E-state index in [9.17, 15) is 4.79 Å². The number of rotatable bonds is 5. The smallest absolute Gasteiger partial charge is 0.339 e. The first-order valence-corrected chi connectivity index (χ1v) is 7.79. The van der Waals surface area contributed by atoms with Crippen molar-refractivity contribution in [2.45, 2.75) is 26.3 Å². The van der Waals surface area contributed by atoms with E-state index in [4.69, 9.17) is 10.5 Å². The molecule has 0 radical (unpaired) electrons. The van der Waals surface area contributed by atoms with Gasteiger partial charge in [-0.1, -0.05) is 12.1 Å². The molecule has 1 aromatic carbocycles. The number of para-hydroxylation sites is 1. The lowest BCUT2D eigenvalue weighted by Crippen LogP contribution is -2.40. The molecular formula is C17H24N6O2. The molecule has 4 N–H and O–H groups in total. The number of anilines is 4. The van der Waals surface area contributed by atoms with Crippen molar-refractivity contribution in [1.29, 1.82) is 0 Å². The van der Waals surface area contributed by atoms with Crippen molar-refractivity contribution in [2.24, 2.45) is 0 Å². The van der Waals surface area contributed by atoms with Gasteiger partial charge in [0.15, 0.2) is 11.6 Å². The molecular weight excluding hydrogens is 320 g/mol. The normalized spacial score (nSPS) is 11.1. The second kappa shape index (κ2) is 7.35. The Kier molecular flexibility index (Phi) is 5.43. The van der Waals surface area contributed by atoms with Crippen LogP contribution in [-0.4, -0.2) is 35.6 Å². The number of esters is 1. The second-order valence-electron chi connectivity index (χ2n) is 6.53. The van der Waals surface area contributed by atoms with Crippen LogP contribution in [0.1, 0.15) is 31.1 Å². The number of hydrazine groups is 1. The number of aromatic nitrogens is 2. The van der Waals surface area contributed by atoms with Crippen molar-refractivity contribution < 1.29 is 9.53 Å². The van der Waals surface area contributed by atoms with Gasteiger partial charge in [0.05, 0.1) is 18.4 Å². The summed E-state index contributed by atoms with van der Waals surface area (Å²) in [4.78, 5) is 22.1. The lowest BCUT2D eigenvalue weighted by Gasteiger charge is -2.25. The Labute approximate surface area is 147 Å². The number of benzene rings is 1. The zero-order valence-electron chi connectivity index (χ0n) is 15.1. The van der Waals surface area contributed by atoms with E-state index in [0.717, 1.165) is 0 Å². The fraction of sp³-hybridized carbons (Fsp3) is 0.353. The van der Waals surface area contributed by atoms with Gasteiger partial charge in [-0.3, -0.25) is 0 Å². The molecule has 8 nitrogen and oxygen atoms in total. The molecule has 0 spiro atoms. The molecule has 0 atom stereocenters. The van der Waals surface area contributed by atoms with Gasteiger partial charge >= 0.3 is 5.97 Å². The van der Waals surface area contributed by atoms with E-state index in [1.165, 1.54) is 13.4 Å². The number of hydrogen-bond acceptors (Lipinski definition) is 8. The molecule has 134 valence electrons. The van der Waals surface area contributed by atoms with Gasteiger partial charge < -0.3 is 20.8 Å². The Balaban J connectivity index is 2.38. The SMILES string of the molecule is COC(=O)c1ccccc1N(C)c1ncnc(NNC(C)(C)C)c1N. The number of hydrogen-bond donors (Lipinski definition) is 3. The van der Waals surface area contributed by atoms with Gasteiger partial charge in [0.25, 0.3) is 0 Å². The van der Waals surface area contributed by atoms with Gasteiger partial charge in [0.2, 0.25) is 0 Å². The van der Waals surface area contributed by atoms with Crippen LogP contribution in [0.4, 0.5) is 23.0 Å². The fourth-order valence-corrected chi connectivity index (χ4v) is 2.16. The number of carbonyl (C=O) groups excluding carboxylic acids is 1. The monoisotopic (exact) mass is 344 g/mol. The van der Waals surface area contributed by atoms with E-state index in [-0.39, 0.29) is 5.54 Å². The van der Waals surface area contributed by atoms with Gasteiger partial charge in [0.1, 0.15) is 12.0 Å².